The average molecular weight is 271 g/mol. The molecule has 0 fully saturated rings. The van der Waals surface area contributed by atoms with Gasteiger partial charge in [-0.05, 0) is 11.6 Å². The largest absolute Gasteiger partial charge is 0.382 e. The summed E-state index contributed by atoms with van der Waals surface area (Å²) in [5.41, 5.74) is 3.44. The lowest BCUT2D eigenvalue weighted by Crippen LogP contribution is -2.17. The van der Waals surface area contributed by atoms with Crippen molar-refractivity contribution in [2.75, 3.05) is 26.1 Å². The summed E-state index contributed by atoms with van der Waals surface area (Å²) in [7, 11) is 3.43. The Morgan fingerprint density at radius 1 is 0.900 bits per heavy atom. The molecule has 0 bridgehead atoms. The van der Waals surface area contributed by atoms with Gasteiger partial charge in [-0.2, -0.15) is 0 Å². The third kappa shape index (κ3) is 3.83. The van der Waals surface area contributed by atoms with Crippen LogP contribution in [-0.2, 0) is 16.1 Å². The van der Waals surface area contributed by atoms with Gasteiger partial charge in [0.2, 0.25) is 0 Å². The van der Waals surface area contributed by atoms with Gasteiger partial charge in [-0.3, -0.25) is 0 Å². The van der Waals surface area contributed by atoms with E-state index in [9.17, 15) is 0 Å². The maximum Gasteiger partial charge on any atom is 0.0747 e. The van der Waals surface area contributed by atoms with Crippen LogP contribution in [0.15, 0.2) is 54.6 Å². The molecule has 20 heavy (non-hydrogen) atoms. The molecule has 106 valence electrons. The Morgan fingerprint density at radius 2 is 1.60 bits per heavy atom. The maximum atomic E-state index is 5.34. The predicted molar refractivity (Wildman–Crippen MR) is 81.8 cm³/mol. The summed E-state index contributed by atoms with van der Waals surface area (Å²) in [4.78, 5) is 0. The first-order valence-electron chi connectivity index (χ1n) is 6.72. The third-order valence-electron chi connectivity index (χ3n) is 3.18. The monoisotopic (exact) mass is 271 g/mol. The van der Waals surface area contributed by atoms with E-state index >= 15 is 0 Å². The van der Waals surface area contributed by atoms with Crippen molar-refractivity contribution in [1.82, 2.24) is 0 Å². The van der Waals surface area contributed by atoms with E-state index in [4.69, 9.17) is 9.47 Å². The fourth-order valence-corrected chi connectivity index (χ4v) is 2.20. The minimum absolute atomic E-state index is 0.124. The van der Waals surface area contributed by atoms with Crippen LogP contribution in [0.3, 0.4) is 0 Å². The average Bonchev–Trinajstić information content (AvgIpc) is 2.50. The minimum atomic E-state index is 0.124. The highest BCUT2D eigenvalue weighted by Gasteiger charge is 2.12. The fourth-order valence-electron chi connectivity index (χ4n) is 2.20. The summed E-state index contributed by atoms with van der Waals surface area (Å²) < 4.78 is 10.6. The topological polar surface area (TPSA) is 30.5 Å². The molecule has 0 radical (unpaired) electrons. The molecule has 0 aliphatic heterocycles. The van der Waals surface area contributed by atoms with E-state index in [-0.39, 0.29) is 6.04 Å². The zero-order valence-electron chi connectivity index (χ0n) is 12.0. The lowest BCUT2D eigenvalue weighted by atomic mass is 10.1. The van der Waals surface area contributed by atoms with Crippen molar-refractivity contribution in [1.29, 1.82) is 0 Å². The molecule has 3 nitrogen and oxygen atoms in total. The molecule has 1 atom stereocenters. The SMILES string of the molecule is COCc1ccccc1NC(COC)c1ccccc1. The number of anilines is 1. The van der Waals surface area contributed by atoms with Crippen LogP contribution >= 0.6 is 0 Å². The molecular weight excluding hydrogens is 250 g/mol. The predicted octanol–water partition coefficient (Wildman–Crippen LogP) is 3.63. The molecule has 2 rings (SSSR count). The number of benzene rings is 2. The van der Waals surface area contributed by atoms with E-state index in [0.29, 0.717) is 13.2 Å². The van der Waals surface area contributed by atoms with Gasteiger partial charge in [0.25, 0.3) is 0 Å². The van der Waals surface area contributed by atoms with Gasteiger partial charge in [0.1, 0.15) is 0 Å². The molecule has 0 amide bonds. The normalized spacial score (nSPS) is 12.1. The highest BCUT2D eigenvalue weighted by Crippen LogP contribution is 2.23. The zero-order valence-corrected chi connectivity index (χ0v) is 12.0. The first-order chi connectivity index (χ1) is 9.85. The maximum absolute atomic E-state index is 5.34. The van der Waals surface area contributed by atoms with Crippen LogP contribution in [0.25, 0.3) is 0 Å². The molecule has 2 aromatic carbocycles. The molecule has 3 heteroatoms. The molecule has 0 aromatic heterocycles. The van der Waals surface area contributed by atoms with Crippen molar-refractivity contribution < 1.29 is 9.47 Å². The van der Waals surface area contributed by atoms with E-state index in [1.807, 2.05) is 30.3 Å². The second-order valence-electron chi connectivity index (χ2n) is 4.65. The van der Waals surface area contributed by atoms with Gasteiger partial charge in [0.15, 0.2) is 0 Å². The van der Waals surface area contributed by atoms with Crippen LogP contribution < -0.4 is 5.32 Å². The molecular formula is C17H21NO2. The van der Waals surface area contributed by atoms with E-state index in [1.54, 1.807) is 14.2 Å². The molecule has 0 saturated heterocycles. The molecule has 2 aromatic rings. The van der Waals surface area contributed by atoms with Gasteiger partial charge >= 0.3 is 0 Å². The van der Waals surface area contributed by atoms with E-state index in [1.165, 1.54) is 5.56 Å². The number of nitrogens with one attached hydrogen (secondary N) is 1. The van der Waals surface area contributed by atoms with Crippen LogP contribution in [0.2, 0.25) is 0 Å². The number of hydrogen-bond acceptors (Lipinski definition) is 3. The lowest BCUT2D eigenvalue weighted by Gasteiger charge is -2.21. The van der Waals surface area contributed by atoms with Crippen molar-refractivity contribution in [3.63, 3.8) is 0 Å². The Hall–Kier alpha value is -1.84. The Balaban J connectivity index is 2.20. The Labute approximate surface area is 120 Å². The van der Waals surface area contributed by atoms with E-state index in [2.05, 4.69) is 29.6 Å². The van der Waals surface area contributed by atoms with Crippen molar-refractivity contribution >= 4 is 5.69 Å². The van der Waals surface area contributed by atoms with Gasteiger partial charge in [0.05, 0.1) is 19.3 Å². The molecule has 0 heterocycles. The van der Waals surface area contributed by atoms with Gasteiger partial charge in [-0.1, -0.05) is 48.5 Å². The van der Waals surface area contributed by atoms with Crippen LogP contribution in [0, 0.1) is 0 Å². The zero-order chi connectivity index (χ0) is 14.2. The molecule has 0 spiro atoms. The summed E-state index contributed by atoms with van der Waals surface area (Å²) in [6.45, 7) is 1.21. The highest BCUT2D eigenvalue weighted by molar-refractivity contribution is 5.52. The smallest absolute Gasteiger partial charge is 0.0747 e. The van der Waals surface area contributed by atoms with Gasteiger partial charge < -0.3 is 14.8 Å². The molecule has 0 aliphatic rings. The standard InChI is InChI=1S/C17H21NO2/c1-19-12-15-10-6-7-11-16(15)18-17(13-20-2)14-8-4-3-5-9-14/h3-11,17-18H,12-13H2,1-2H3. The van der Waals surface area contributed by atoms with E-state index in [0.717, 1.165) is 11.3 Å². The minimum Gasteiger partial charge on any atom is -0.382 e. The lowest BCUT2D eigenvalue weighted by molar-refractivity contribution is 0.182. The summed E-state index contributed by atoms with van der Waals surface area (Å²) in [5.74, 6) is 0. The summed E-state index contributed by atoms with van der Waals surface area (Å²) in [6, 6.07) is 18.6. The second kappa shape index (κ2) is 7.68. The van der Waals surface area contributed by atoms with Gasteiger partial charge in [0, 0.05) is 25.5 Å². The molecule has 1 unspecified atom stereocenters. The van der Waals surface area contributed by atoms with Crippen LogP contribution in [0.4, 0.5) is 5.69 Å². The number of hydrogen-bond donors (Lipinski definition) is 1. The van der Waals surface area contributed by atoms with E-state index < -0.39 is 0 Å². The number of ether oxygens (including phenoxy) is 2. The Kier molecular flexibility index (Phi) is 5.59. The van der Waals surface area contributed by atoms with Crippen LogP contribution in [-0.4, -0.2) is 20.8 Å². The summed E-state index contributed by atoms with van der Waals surface area (Å²) in [5, 5.41) is 3.54. The highest BCUT2D eigenvalue weighted by atomic mass is 16.5. The number of methoxy groups -OCH3 is 2. The number of rotatable bonds is 7. The fraction of sp³-hybridized carbons (Fsp3) is 0.294. The van der Waals surface area contributed by atoms with Gasteiger partial charge in [-0.15, -0.1) is 0 Å². The van der Waals surface area contributed by atoms with Gasteiger partial charge in [-0.25, -0.2) is 0 Å². The second-order valence-corrected chi connectivity index (χ2v) is 4.65. The number of para-hydroxylation sites is 1. The summed E-state index contributed by atoms with van der Waals surface area (Å²) >= 11 is 0. The summed E-state index contributed by atoms with van der Waals surface area (Å²) in [6.07, 6.45) is 0. The van der Waals surface area contributed by atoms with Crippen molar-refractivity contribution in [2.45, 2.75) is 12.6 Å². The van der Waals surface area contributed by atoms with Crippen molar-refractivity contribution in [3.05, 3.63) is 65.7 Å². The first-order valence-corrected chi connectivity index (χ1v) is 6.72. The molecule has 1 N–H and O–H groups in total. The third-order valence-corrected chi connectivity index (χ3v) is 3.18. The molecule has 0 saturated carbocycles. The molecule has 0 aliphatic carbocycles. The van der Waals surface area contributed by atoms with Crippen LogP contribution in [0.5, 0.6) is 0 Å². The van der Waals surface area contributed by atoms with Crippen molar-refractivity contribution in [3.8, 4) is 0 Å². The van der Waals surface area contributed by atoms with Crippen molar-refractivity contribution in [2.24, 2.45) is 0 Å². The Morgan fingerprint density at radius 3 is 2.30 bits per heavy atom. The van der Waals surface area contributed by atoms with Crippen LogP contribution in [0.1, 0.15) is 17.2 Å². The first kappa shape index (κ1) is 14.6. The Bertz CT molecular complexity index is 513. The quantitative estimate of drug-likeness (QED) is 0.834.